The molecule has 2 fully saturated rings. The fraction of sp³-hybridized carbons (Fsp3) is 0.600. The molecule has 1 saturated heterocycles. The lowest BCUT2D eigenvalue weighted by Gasteiger charge is -2.12. The summed E-state index contributed by atoms with van der Waals surface area (Å²) >= 11 is 0. The summed E-state index contributed by atoms with van der Waals surface area (Å²) in [5, 5.41) is 3.44. The van der Waals surface area contributed by atoms with E-state index in [1.54, 1.807) is 0 Å². The first kappa shape index (κ1) is 13.1. The number of benzene rings is 1. The van der Waals surface area contributed by atoms with Crippen LogP contribution in [0.1, 0.15) is 36.3 Å². The molecule has 2 aliphatic rings. The standard InChI is InChI=1S/C15H21NO2S/c17-19(18)8-7-12(11-19)9-16-10-14-3-1-2-4-15(14)13-5-6-13/h1-4,12-13,16H,5-11H2. The summed E-state index contributed by atoms with van der Waals surface area (Å²) in [7, 11) is -2.74. The summed E-state index contributed by atoms with van der Waals surface area (Å²) in [6, 6.07) is 8.62. The molecule has 19 heavy (non-hydrogen) atoms. The fourth-order valence-corrected chi connectivity index (χ4v) is 4.79. The third-order valence-corrected chi connectivity index (χ3v) is 5.98. The zero-order valence-electron chi connectivity index (χ0n) is 11.1. The smallest absolute Gasteiger partial charge is 0.150 e. The van der Waals surface area contributed by atoms with Crippen molar-refractivity contribution in [2.24, 2.45) is 5.92 Å². The Balaban J connectivity index is 1.53. The van der Waals surface area contributed by atoms with E-state index in [-0.39, 0.29) is 0 Å². The molecule has 1 aromatic rings. The van der Waals surface area contributed by atoms with Gasteiger partial charge in [-0.15, -0.1) is 0 Å². The van der Waals surface area contributed by atoms with Crippen molar-refractivity contribution in [2.45, 2.75) is 31.7 Å². The van der Waals surface area contributed by atoms with E-state index >= 15 is 0 Å². The maximum absolute atomic E-state index is 11.4. The minimum absolute atomic E-state index is 0.304. The maximum atomic E-state index is 11.4. The summed E-state index contributed by atoms with van der Waals surface area (Å²) in [4.78, 5) is 0. The maximum Gasteiger partial charge on any atom is 0.150 e. The van der Waals surface area contributed by atoms with Gasteiger partial charge < -0.3 is 5.32 Å². The van der Waals surface area contributed by atoms with Gasteiger partial charge >= 0.3 is 0 Å². The van der Waals surface area contributed by atoms with Crippen LogP contribution in [0.25, 0.3) is 0 Å². The Hall–Kier alpha value is -0.870. The summed E-state index contributed by atoms with van der Waals surface area (Å²) in [5.74, 6) is 1.81. The quantitative estimate of drug-likeness (QED) is 0.897. The Morgan fingerprint density at radius 1 is 1.16 bits per heavy atom. The summed E-state index contributed by atoms with van der Waals surface area (Å²) in [6.45, 7) is 1.68. The van der Waals surface area contributed by atoms with Crippen LogP contribution in [0, 0.1) is 5.92 Å². The first-order chi connectivity index (χ1) is 9.14. The van der Waals surface area contributed by atoms with Gasteiger partial charge in [0.25, 0.3) is 0 Å². The molecule has 1 N–H and O–H groups in total. The molecule has 0 bridgehead atoms. The lowest BCUT2D eigenvalue weighted by molar-refractivity contribution is 0.520. The normalized spacial score (nSPS) is 25.6. The Morgan fingerprint density at radius 2 is 1.95 bits per heavy atom. The Bertz CT molecular complexity index is 549. The summed E-state index contributed by atoms with van der Waals surface area (Å²) < 4.78 is 22.8. The van der Waals surface area contributed by atoms with E-state index in [0.717, 1.165) is 25.4 Å². The van der Waals surface area contributed by atoms with Crippen molar-refractivity contribution in [1.82, 2.24) is 5.32 Å². The van der Waals surface area contributed by atoms with Crippen molar-refractivity contribution < 1.29 is 8.42 Å². The molecule has 104 valence electrons. The third-order valence-electron chi connectivity index (χ3n) is 4.15. The van der Waals surface area contributed by atoms with Crippen molar-refractivity contribution in [2.75, 3.05) is 18.1 Å². The fourth-order valence-electron chi connectivity index (χ4n) is 2.93. The van der Waals surface area contributed by atoms with E-state index in [2.05, 4.69) is 29.6 Å². The molecule has 3 nitrogen and oxygen atoms in total. The van der Waals surface area contributed by atoms with Gasteiger partial charge in [-0.1, -0.05) is 24.3 Å². The van der Waals surface area contributed by atoms with Crippen LogP contribution in [0.2, 0.25) is 0 Å². The summed E-state index contributed by atoms with van der Waals surface area (Å²) in [6.07, 6.45) is 3.45. The second-order valence-corrected chi connectivity index (χ2v) is 8.10. The largest absolute Gasteiger partial charge is 0.312 e. The van der Waals surface area contributed by atoms with Crippen molar-refractivity contribution in [3.8, 4) is 0 Å². The molecule has 1 heterocycles. The predicted octanol–water partition coefficient (Wildman–Crippen LogP) is 2.09. The number of hydrogen-bond donors (Lipinski definition) is 1. The molecule has 1 saturated carbocycles. The van der Waals surface area contributed by atoms with Gasteiger partial charge in [-0.05, 0) is 48.8 Å². The average molecular weight is 279 g/mol. The number of sulfone groups is 1. The minimum Gasteiger partial charge on any atom is -0.312 e. The van der Waals surface area contributed by atoms with E-state index in [1.807, 2.05) is 0 Å². The Morgan fingerprint density at radius 3 is 2.63 bits per heavy atom. The van der Waals surface area contributed by atoms with Crippen molar-refractivity contribution in [3.63, 3.8) is 0 Å². The van der Waals surface area contributed by atoms with E-state index < -0.39 is 9.84 Å². The van der Waals surface area contributed by atoms with Crippen LogP contribution in [-0.2, 0) is 16.4 Å². The molecule has 0 spiro atoms. The van der Waals surface area contributed by atoms with Gasteiger partial charge in [0.15, 0.2) is 9.84 Å². The second kappa shape index (κ2) is 5.25. The molecule has 1 unspecified atom stereocenters. The predicted molar refractivity (Wildman–Crippen MR) is 76.9 cm³/mol. The van der Waals surface area contributed by atoms with Gasteiger partial charge in [-0.25, -0.2) is 8.42 Å². The number of nitrogens with one attached hydrogen (secondary N) is 1. The van der Waals surface area contributed by atoms with Crippen molar-refractivity contribution in [3.05, 3.63) is 35.4 Å². The zero-order chi connectivity index (χ0) is 13.3. The second-order valence-electron chi connectivity index (χ2n) is 5.87. The first-order valence-electron chi connectivity index (χ1n) is 7.13. The lowest BCUT2D eigenvalue weighted by Crippen LogP contribution is -2.23. The van der Waals surface area contributed by atoms with E-state index in [9.17, 15) is 8.42 Å². The van der Waals surface area contributed by atoms with Crippen molar-refractivity contribution >= 4 is 9.84 Å². The number of hydrogen-bond acceptors (Lipinski definition) is 3. The third kappa shape index (κ3) is 3.37. The Kier molecular flexibility index (Phi) is 3.63. The molecule has 0 aromatic heterocycles. The zero-order valence-corrected chi connectivity index (χ0v) is 12.0. The molecule has 0 amide bonds. The summed E-state index contributed by atoms with van der Waals surface area (Å²) in [5.41, 5.74) is 2.86. The van der Waals surface area contributed by atoms with Gasteiger partial charge in [0, 0.05) is 6.54 Å². The minimum atomic E-state index is -2.74. The van der Waals surface area contributed by atoms with E-state index in [0.29, 0.717) is 17.4 Å². The molecule has 4 heteroatoms. The van der Waals surface area contributed by atoms with Gasteiger partial charge in [-0.2, -0.15) is 0 Å². The SMILES string of the molecule is O=S1(=O)CCC(CNCc2ccccc2C2CC2)C1. The monoisotopic (exact) mass is 279 g/mol. The van der Waals surface area contributed by atoms with Crippen LogP contribution in [0.4, 0.5) is 0 Å². The van der Waals surface area contributed by atoms with Crippen LogP contribution >= 0.6 is 0 Å². The van der Waals surface area contributed by atoms with E-state index in [1.165, 1.54) is 24.0 Å². The lowest BCUT2D eigenvalue weighted by atomic mass is 10.0. The highest BCUT2D eigenvalue weighted by atomic mass is 32.2. The highest BCUT2D eigenvalue weighted by Crippen LogP contribution is 2.41. The molecule has 1 aliphatic heterocycles. The Labute approximate surface area is 115 Å². The van der Waals surface area contributed by atoms with Gasteiger partial charge in [0.05, 0.1) is 11.5 Å². The highest BCUT2D eigenvalue weighted by molar-refractivity contribution is 7.91. The number of rotatable bonds is 5. The molecule has 1 aliphatic carbocycles. The van der Waals surface area contributed by atoms with E-state index in [4.69, 9.17) is 0 Å². The topological polar surface area (TPSA) is 46.2 Å². The van der Waals surface area contributed by atoms with Gasteiger partial charge in [0.2, 0.25) is 0 Å². The van der Waals surface area contributed by atoms with Crippen LogP contribution < -0.4 is 5.32 Å². The molecule has 1 aromatic carbocycles. The van der Waals surface area contributed by atoms with Gasteiger partial charge in [-0.3, -0.25) is 0 Å². The average Bonchev–Trinajstić information content (AvgIpc) is 3.15. The molecular weight excluding hydrogens is 258 g/mol. The molecule has 3 rings (SSSR count). The van der Waals surface area contributed by atoms with Crippen LogP contribution in [0.15, 0.2) is 24.3 Å². The first-order valence-corrected chi connectivity index (χ1v) is 8.95. The van der Waals surface area contributed by atoms with Crippen molar-refractivity contribution in [1.29, 1.82) is 0 Å². The molecule has 1 atom stereocenters. The highest BCUT2D eigenvalue weighted by Gasteiger charge is 2.28. The van der Waals surface area contributed by atoms with Gasteiger partial charge in [0.1, 0.15) is 0 Å². The van der Waals surface area contributed by atoms with Crippen LogP contribution in [0.3, 0.4) is 0 Å². The van der Waals surface area contributed by atoms with Crippen LogP contribution in [0.5, 0.6) is 0 Å². The van der Waals surface area contributed by atoms with Crippen LogP contribution in [-0.4, -0.2) is 26.5 Å². The molecular formula is C15H21NO2S. The molecule has 0 radical (unpaired) electrons.